The van der Waals surface area contributed by atoms with Gasteiger partial charge < -0.3 is 4.74 Å². The van der Waals surface area contributed by atoms with Gasteiger partial charge >= 0.3 is 0 Å². The number of ether oxygens (including phenoxy) is 1. The number of nitrogens with one attached hydrogen (secondary N) is 1. The van der Waals surface area contributed by atoms with E-state index in [1.807, 2.05) is 24.3 Å². The molecule has 0 aromatic heterocycles. The van der Waals surface area contributed by atoms with E-state index in [0.717, 1.165) is 10.0 Å². The first-order valence-electron chi connectivity index (χ1n) is 8.37. The molecule has 0 atom stereocenters. The van der Waals surface area contributed by atoms with Gasteiger partial charge in [0.05, 0.1) is 16.3 Å². The fourth-order valence-electron chi connectivity index (χ4n) is 2.37. The van der Waals surface area contributed by atoms with Gasteiger partial charge in [0.2, 0.25) is 0 Å². The molecule has 3 aromatic rings. The number of carbonyl (C=O) groups is 1. The molecular weight excluding hydrogens is 499 g/mol. The van der Waals surface area contributed by atoms with E-state index in [4.69, 9.17) is 39.5 Å². The van der Waals surface area contributed by atoms with Crippen molar-refractivity contribution in [2.75, 3.05) is 0 Å². The summed E-state index contributed by atoms with van der Waals surface area (Å²) in [6, 6.07) is 17.3. The highest BCUT2D eigenvalue weighted by Crippen LogP contribution is 2.25. The second kappa shape index (κ2) is 10.1. The Morgan fingerprint density at radius 2 is 1.76 bits per heavy atom. The Kier molecular flexibility index (Phi) is 7.56. The third-order valence-corrected chi connectivity index (χ3v) is 5.31. The lowest BCUT2D eigenvalue weighted by atomic mass is 10.2. The van der Waals surface area contributed by atoms with Gasteiger partial charge in [-0.25, -0.2) is 5.43 Å². The molecule has 3 aromatic carbocycles. The largest absolute Gasteiger partial charge is 0.488 e. The van der Waals surface area contributed by atoms with Crippen molar-refractivity contribution in [2.24, 2.45) is 5.10 Å². The quantitative estimate of drug-likeness (QED) is 0.293. The number of hydrazone groups is 1. The number of rotatable bonds is 6. The van der Waals surface area contributed by atoms with Crippen LogP contribution in [0.15, 0.2) is 70.2 Å². The summed E-state index contributed by atoms with van der Waals surface area (Å²) >= 11 is 21.2. The van der Waals surface area contributed by atoms with Crippen LogP contribution < -0.4 is 10.2 Å². The van der Waals surface area contributed by atoms with Crippen LogP contribution in [0, 0.1) is 0 Å². The molecule has 0 aliphatic rings. The molecule has 0 radical (unpaired) electrons. The molecule has 0 heterocycles. The molecule has 1 N–H and O–H groups in total. The minimum absolute atomic E-state index is 0.302. The number of nitrogens with zero attached hydrogens (tertiary/aromatic N) is 1. The van der Waals surface area contributed by atoms with Crippen LogP contribution in [-0.4, -0.2) is 12.1 Å². The van der Waals surface area contributed by atoms with Crippen LogP contribution >= 0.6 is 50.7 Å². The maximum atomic E-state index is 12.1. The molecule has 4 nitrogen and oxygen atoms in total. The molecule has 0 saturated heterocycles. The minimum atomic E-state index is -0.341. The normalized spacial score (nSPS) is 10.9. The predicted octanol–water partition coefficient (Wildman–Crippen LogP) is 6.75. The van der Waals surface area contributed by atoms with Crippen molar-refractivity contribution in [1.82, 2.24) is 5.43 Å². The first-order chi connectivity index (χ1) is 13.9. The lowest BCUT2D eigenvalue weighted by molar-refractivity contribution is 0.0955. The second-order valence-corrected chi connectivity index (χ2v) is 8.09. The van der Waals surface area contributed by atoms with E-state index in [1.54, 1.807) is 36.4 Å². The highest BCUT2D eigenvalue weighted by Gasteiger charge is 2.07. The molecule has 0 spiro atoms. The van der Waals surface area contributed by atoms with E-state index < -0.39 is 0 Å². The Labute approximate surface area is 191 Å². The van der Waals surface area contributed by atoms with E-state index in [-0.39, 0.29) is 5.91 Å². The lowest BCUT2D eigenvalue weighted by Gasteiger charge is -2.10. The fourth-order valence-corrected chi connectivity index (χ4v) is 3.19. The van der Waals surface area contributed by atoms with Gasteiger partial charge in [-0.15, -0.1) is 0 Å². The zero-order valence-electron chi connectivity index (χ0n) is 14.8. The summed E-state index contributed by atoms with van der Waals surface area (Å²) in [6.07, 6.45) is 1.52. The van der Waals surface area contributed by atoms with E-state index >= 15 is 0 Å². The molecule has 0 saturated carbocycles. The minimum Gasteiger partial charge on any atom is -0.488 e. The van der Waals surface area contributed by atoms with Crippen LogP contribution in [-0.2, 0) is 6.61 Å². The molecule has 0 aliphatic carbocycles. The first-order valence-corrected chi connectivity index (χ1v) is 10.3. The van der Waals surface area contributed by atoms with Crippen LogP contribution in [0.5, 0.6) is 5.75 Å². The summed E-state index contributed by atoms with van der Waals surface area (Å²) in [6.45, 7) is 0.302. The van der Waals surface area contributed by atoms with Gasteiger partial charge in [-0.05, 0) is 60.2 Å². The smallest absolute Gasteiger partial charge is 0.271 e. The number of benzene rings is 3. The summed E-state index contributed by atoms with van der Waals surface area (Å²) < 4.78 is 6.74. The lowest BCUT2D eigenvalue weighted by Crippen LogP contribution is -2.17. The third kappa shape index (κ3) is 6.21. The van der Waals surface area contributed by atoms with E-state index in [1.165, 1.54) is 6.21 Å². The van der Waals surface area contributed by atoms with Crippen molar-refractivity contribution in [2.45, 2.75) is 6.61 Å². The standard InChI is InChI=1S/C21H14BrCl3N2O2/c22-16-4-8-20(29-12-13-1-7-18(24)19(25)9-13)15(10-16)11-26-27-21(28)14-2-5-17(23)6-3-14/h1-11H,12H2,(H,27,28)/b26-11-. The number of hydrogen-bond acceptors (Lipinski definition) is 3. The van der Waals surface area contributed by atoms with E-state index in [9.17, 15) is 4.79 Å². The van der Waals surface area contributed by atoms with Crippen molar-refractivity contribution in [3.63, 3.8) is 0 Å². The molecule has 3 rings (SSSR count). The molecule has 0 aliphatic heterocycles. The Hall–Kier alpha value is -2.05. The van der Waals surface area contributed by atoms with Crippen LogP contribution in [0.1, 0.15) is 21.5 Å². The SMILES string of the molecule is O=C(N/N=C\c1cc(Br)ccc1OCc1ccc(Cl)c(Cl)c1)c1ccc(Cl)cc1. The predicted molar refractivity (Wildman–Crippen MR) is 121 cm³/mol. The molecule has 1 amide bonds. The molecule has 0 fully saturated rings. The Balaban J connectivity index is 1.69. The maximum absolute atomic E-state index is 12.1. The van der Waals surface area contributed by atoms with Gasteiger partial charge in [0.1, 0.15) is 12.4 Å². The molecule has 0 unspecified atom stereocenters. The van der Waals surface area contributed by atoms with Crippen LogP contribution in [0.4, 0.5) is 0 Å². The monoisotopic (exact) mass is 510 g/mol. The number of hydrogen-bond donors (Lipinski definition) is 1. The topological polar surface area (TPSA) is 50.7 Å². The van der Waals surface area contributed by atoms with Gasteiger partial charge in [-0.2, -0.15) is 5.10 Å². The van der Waals surface area contributed by atoms with Crippen molar-refractivity contribution in [3.05, 3.63) is 96.9 Å². The molecular formula is C21H14BrCl3N2O2. The average Bonchev–Trinajstić information content (AvgIpc) is 2.70. The summed E-state index contributed by atoms with van der Waals surface area (Å²) in [4.78, 5) is 12.1. The van der Waals surface area contributed by atoms with Gasteiger partial charge in [0, 0.05) is 20.6 Å². The maximum Gasteiger partial charge on any atom is 0.271 e. The highest BCUT2D eigenvalue weighted by atomic mass is 79.9. The Bertz CT molecular complexity index is 1060. The van der Waals surface area contributed by atoms with E-state index in [2.05, 4.69) is 26.5 Å². The second-order valence-electron chi connectivity index (χ2n) is 5.93. The highest BCUT2D eigenvalue weighted by molar-refractivity contribution is 9.10. The van der Waals surface area contributed by atoms with Gasteiger partial charge in [0.15, 0.2) is 0 Å². The van der Waals surface area contributed by atoms with Crippen LogP contribution in [0.2, 0.25) is 15.1 Å². The fraction of sp³-hybridized carbons (Fsp3) is 0.0476. The van der Waals surface area contributed by atoms with Crippen molar-refractivity contribution < 1.29 is 9.53 Å². The molecule has 148 valence electrons. The van der Waals surface area contributed by atoms with Crippen molar-refractivity contribution in [3.8, 4) is 5.75 Å². The molecule has 29 heavy (non-hydrogen) atoms. The zero-order valence-corrected chi connectivity index (χ0v) is 18.7. The van der Waals surface area contributed by atoms with E-state index in [0.29, 0.717) is 38.6 Å². The van der Waals surface area contributed by atoms with Gasteiger partial charge in [0.25, 0.3) is 5.91 Å². The van der Waals surface area contributed by atoms with Crippen molar-refractivity contribution in [1.29, 1.82) is 0 Å². The average molecular weight is 513 g/mol. The summed E-state index contributed by atoms with van der Waals surface area (Å²) in [5.74, 6) is 0.259. The third-order valence-electron chi connectivity index (χ3n) is 3.83. The number of amides is 1. The Morgan fingerprint density at radius 3 is 2.48 bits per heavy atom. The summed E-state index contributed by atoms with van der Waals surface area (Å²) in [7, 11) is 0. The number of carbonyl (C=O) groups excluding carboxylic acids is 1. The first kappa shape index (κ1) is 21.7. The van der Waals surface area contributed by atoms with Crippen LogP contribution in [0.3, 0.4) is 0 Å². The summed E-state index contributed by atoms with van der Waals surface area (Å²) in [5.41, 5.74) is 4.51. The Morgan fingerprint density at radius 1 is 1.00 bits per heavy atom. The zero-order chi connectivity index (χ0) is 20.8. The molecule has 0 bridgehead atoms. The van der Waals surface area contributed by atoms with Gasteiger partial charge in [-0.3, -0.25) is 4.79 Å². The van der Waals surface area contributed by atoms with Gasteiger partial charge in [-0.1, -0.05) is 56.8 Å². The van der Waals surface area contributed by atoms with Crippen LogP contribution in [0.25, 0.3) is 0 Å². The molecule has 8 heteroatoms. The summed E-state index contributed by atoms with van der Waals surface area (Å²) in [5, 5.41) is 5.54. The number of halogens is 4. The van der Waals surface area contributed by atoms with Crippen molar-refractivity contribution >= 4 is 62.9 Å².